The number of hydrogen-bond acceptors (Lipinski definition) is 2. The minimum absolute atomic E-state index is 0.0281. The number of rotatable bonds is 7. The molecular weight excluding hydrogens is 1350 g/mol. The molecule has 18 rings (SSSR count). The molecule has 0 fully saturated rings. The molecule has 2 aliphatic heterocycles. The van der Waals surface area contributed by atoms with E-state index in [0.29, 0.717) is 0 Å². The first-order valence-corrected chi connectivity index (χ1v) is 40.7. The van der Waals surface area contributed by atoms with Gasteiger partial charge in [-0.15, -0.1) is 0 Å². The number of hydrogen-bond donors (Lipinski definition) is 0. The van der Waals surface area contributed by atoms with Crippen LogP contribution in [-0.2, 0) is 37.9 Å². The highest BCUT2D eigenvalue weighted by atomic mass is 15.2. The van der Waals surface area contributed by atoms with E-state index in [0.717, 1.165) is 45.3 Å². The molecule has 0 radical (unpaired) electrons. The molecule has 0 unspecified atom stereocenters. The molecule has 0 atom stereocenters. The quantitative estimate of drug-likeness (QED) is 0.148. The minimum atomic E-state index is -0.305. The minimum Gasteiger partial charge on any atom is -0.311 e. The Kier molecular flexibility index (Phi) is 16.3. The molecule has 6 heteroatoms. The Morgan fingerprint density at radius 1 is 0.223 bits per heavy atom. The maximum atomic E-state index is 2.72. The third-order valence-electron chi connectivity index (χ3n) is 24.7. The van der Waals surface area contributed by atoms with E-state index in [2.05, 4.69) is 430 Å². The average Bonchev–Trinajstić information content (AvgIpc) is 0.790. The number of aromatic nitrogens is 3. The van der Waals surface area contributed by atoms with Crippen molar-refractivity contribution in [2.24, 2.45) is 0 Å². The third kappa shape index (κ3) is 11.8. The standard InChI is InChI=1S/C106H106BN5/c1-100(2,3)67-39-35-65(36-40-67)80-57-69(102(7,8)9)43-52-88(80)111-93-63-75(109-90-54-45-71(104(13,14)15)59-82(90)83-60-72(105(16,17)18)46-55-91(83)109)47-50-84(93)107-85-51-48-76(110-86-33-27-25-31-77(86)78-49-56-92-97(99(78)110)79-32-26-28-34-87(79)108(92)74-29-23-22-24-30-74)64-94(85)112(96-62-73(106(19,20)21)61-95(111)98(96)107)89-53-44-70(103(10,11)12)58-81(89)66-37-41-68(42-38-66)101(4,5)6/h22-64H,1-21H3. The normalized spacial score (nSPS) is 13.7. The topological polar surface area (TPSA) is 21.3 Å². The third-order valence-corrected chi connectivity index (χ3v) is 24.7. The maximum Gasteiger partial charge on any atom is 0.252 e. The molecule has 558 valence electrons. The molecule has 0 amide bonds. The molecule has 5 nitrogen and oxygen atoms in total. The molecule has 2 aliphatic rings. The van der Waals surface area contributed by atoms with Crippen LogP contribution in [0.15, 0.2) is 261 Å². The highest BCUT2D eigenvalue weighted by molar-refractivity contribution is 7.00. The van der Waals surface area contributed by atoms with Gasteiger partial charge in [-0.25, -0.2) is 0 Å². The molecular formula is C106H106BN5. The van der Waals surface area contributed by atoms with Crippen molar-refractivity contribution in [1.82, 2.24) is 13.7 Å². The summed E-state index contributed by atoms with van der Waals surface area (Å²) in [5, 5.41) is 7.44. The van der Waals surface area contributed by atoms with Crippen LogP contribution in [0, 0.1) is 0 Å². The molecule has 112 heavy (non-hydrogen) atoms. The van der Waals surface area contributed by atoms with Crippen LogP contribution in [0.25, 0.3) is 105 Å². The fourth-order valence-electron chi connectivity index (χ4n) is 18.2. The monoisotopic (exact) mass is 1460 g/mol. The van der Waals surface area contributed by atoms with Gasteiger partial charge in [0.1, 0.15) is 0 Å². The van der Waals surface area contributed by atoms with Crippen LogP contribution in [0.1, 0.15) is 184 Å². The van der Waals surface area contributed by atoms with Crippen molar-refractivity contribution in [3.63, 3.8) is 0 Å². The van der Waals surface area contributed by atoms with E-state index >= 15 is 0 Å². The Bertz CT molecular complexity index is 6450. The second-order valence-electron chi connectivity index (χ2n) is 39.6. The SMILES string of the molecule is CC(C)(C)c1ccc(-c2cc(C(C)(C)C)ccc2N2c3cc(-n4c5ccc(C(C)(C)C)cc5c5cc(C(C)(C)C)ccc54)ccc3B3c4ccc(-n5c6ccccc6c6ccc7c(c8ccccc8n7-c7ccccc7)c65)cc4N(c4ccc(C(C)(C)C)cc4-c4ccc(C(C)(C)C)cc4)c4cc(C(C)(C)C)cc2c43)cc1. The van der Waals surface area contributed by atoms with E-state index < -0.39 is 0 Å². The first-order chi connectivity index (χ1) is 53.0. The zero-order valence-electron chi connectivity index (χ0n) is 69.6. The van der Waals surface area contributed by atoms with Crippen LogP contribution in [0.4, 0.5) is 34.1 Å². The molecule has 16 aromatic rings. The van der Waals surface area contributed by atoms with Crippen molar-refractivity contribution in [2.75, 3.05) is 9.80 Å². The average molecular weight is 1460 g/mol. The zero-order chi connectivity index (χ0) is 78.6. The smallest absolute Gasteiger partial charge is 0.252 e. The van der Waals surface area contributed by atoms with E-state index in [9.17, 15) is 0 Å². The summed E-state index contributed by atoms with van der Waals surface area (Å²) in [4.78, 5) is 5.43. The fourth-order valence-corrected chi connectivity index (χ4v) is 18.2. The second kappa shape index (κ2) is 25.2. The first kappa shape index (κ1) is 72.5. The number of nitrogens with zero attached hydrogens (tertiary/aromatic N) is 5. The summed E-state index contributed by atoms with van der Waals surface area (Å²) in [5.74, 6) is 0. The van der Waals surface area contributed by atoms with Gasteiger partial charge in [-0.05, 0) is 220 Å². The molecule has 0 bridgehead atoms. The van der Waals surface area contributed by atoms with Gasteiger partial charge in [0, 0.05) is 83.3 Å². The Balaban J connectivity index is 0.989. The molecule has 0 saturated heterocycles. The van der Waals surface area contributed by atoms with Crippen LogP contribution in [0.2, 0.25) is 0 Å². The van der Waals surface area contributed by atoms with Gasteiger partial charge in [0.05, 0.1) is 44.5 Å². The second-order valence-corrected chi connectivity index (χ2v) is 39.6. The van der Waals surface area contributed by atoms with Crippen LogP contribution in [0.3, 0.4) is 0 Å². The largest absolute Gasteiger partial charge is 0.311 e. The van der Waals surface area contributed by atoms with Crippen LogP contribution in [0.5, 0.6) is 0 Å². The summed E-state index contributed by atoms with van der Waals surface area (Å²) in [7, 11) is 0. The molecule has 3 aromatic heterocycles. The number of fused-ring (bicyclic) bond motifs is 14. The fraction of sp³-hybridized carbons (Fsp3) is 0.264. The summed E-state index contributed by atoms with van der Waals surface area (Å²) in [6, 6.07) is 102. The van der Waals surface area contributed by atoms with Crippen molar-refractivity contribution >= 4 is 123 Å². The molecule has 13 aromatic carbocycles. The Morgan fingerprint density at radius 2 is 0.589 bits per heavy atom. The molecule has 0 N–H and O–H groups in total. The van der Waals surface area contributed by atoms with Crippen molar-refractivity contribution in [2.45, 2.75) is 183 Å². The first-order valence-electron chi connectivity index (χ1n) is 40.7. The summed E-state index contributed by atoms with van der Waals surface area (Å²) < 4.78 is 7.64. The van der Waals surface area contributed by atoms with Gasteiger partial charge in [0.25, 0.3) is 6.71 Å². The van der Waals surface area contributed by atoms with E-state index in [1.54, 1.807) is 0 Å². The summed E-state index contributed by atoms with van der Waals surface area (Å²) in [6.45, 7) is 49.1. The van der Waals surface area contributed by atoms with E-state index in [-0.39, 0.29) is 44.6 Å². The van der Waals surface area contributed by atoms with Crippen LogP contribution in [-0.4, -0.2) is 20.4 Å². The number of para-hydroxylation sites is 3. The molecule has 0 spiro atoms. The molecule has 5 heterocycles. The Hall–Kier alpha value is -11.1. The lowest BCUT2D eigenvalue weighted by Gasteiger charge is -2.46. The Morgan fingerprint density at radius 3 is 1.04 bits per heavy atom. The molecule has 0 aliphatic carbocycles. The molecule has 0 saturated carbocycles. The summed E-state index contributed by atoms with van der Waals surface area (Å²) in [5.41, 5.74) is 34.3. The number of anilines is 6. The van der Waals surface area contributed by atoms with Gasteiger partial charge in [0.2, 0.25) is 0 Å². The van der Waals surface area contributed by atoms with Crippen molar-refractivity contribution in [1.29, 1.82) is 0 Å². The van der Waals surface area contributed by atoms with E-state index in [4.69, 9.17) is 0 Å². The van der Waals surface area contributed by atoms with Crippen molar-refractivity contribution in [3.05, 3.63) is 300 Å². The van der Waals surface area contributed by atoms with Gasteiger partial charge < -0.3 is 23.5 Å². The highest BCUT2D eigenvalue weighted by Gasteiger charge is 2.46. The Labute approximate surface area is 664 Å². The van der Waals surface area contributed by atoms with Crippen LogP contribution < -0.4 is 26.2 Å². The van der Waals surface area contributed by atoms with E-state index in [1.807, 2.05) is 0 Å². The van der Waals surface area contributed by atoms with Crippen molar-refractivity contribution in [3.8, 4) is 39.3 Å². The summed E-state index contributed by atoms with van der Waals surface area (Å²) in [6.07, 6.45) is 0. The van der Waals surface area contributed by atoms with Gasteiger partial charge in [0.15, 0.2) is 0 Å². The van der Waals surface area contributed by atoms with Gasteiger partial charge in [-0.3, -0.25) is 0 Å². The number of benzene rings is 13. The highest BCUT2D eigenvalue weighted by Crippen LogP contribution is 2.53. The van der Waals surface area contributed by atoms with Crippen molar-refractivity contribution < 1.29 is 0 Å². The maximum absolute atomic E-state index is 2.72. The van der Waals surface area contributed by atoms with Gasteiger partial charge >= 0.3 is 0 Å². The van der Waals surface area contributed by atoms with Gasteiger partial charge in [-0.1, -0.05) is 291 Å². The van der Waals surface area contributed by atoms with E-state index in [1.165, 1.54) is 149 Å². The lowest BCUT2D eigenvalue weighted by Crippen LogP contribution is -2.61. The predicted octanol–water partition coefficient (Wildman–Crippen LogP) is 27.5. The van der Waals surface area contributed by atoms with Crippen LogP contribution >= 0.6 is 0 Å². The summed E-state index contributed by atoms with van der Waals surface area (Å²) >= 11 is 0. The lowest BCUT2D eigenvalue weighted by atomic mass is 9.33. The van der Waals surface area contributed by atoms with Gasteiger partial charge in [-0.2, -0.15) is 0 Å². The lowest BCUT2D eigenvalue weighted by molar-refractivity contribution is 0.589. The zero-order valence-corrected chi connectivity index (χ0v) is 69.6. The predicted molar refractivity (Wildman–Crippen MR) is 485 cm³/mol.